The zero-order chi connectivity index (χ0) is 25.7. The lowest BCUT2D eigenvalue weighted by atomic mass is 9.90. The molecule has 5 atom stereocenters. The molecule has 36 heavy (non-hydrogen) atoms. The summed E-state index contributed by atoms with van der Waals surface area (Å²) < 4.78 is 11.0. The van der Waals surface area contributed by atoms with Crippen molar-refractivity contribution in [1.29, 1.82) is 0 Å². The molecule has 0 amide bonds. The predicted octanol–water partition coefficient (Wildman–Crippen LogP) is 2.03. The lowest BCUT2D eigenvalue weighted by Crippen LogP contribution is -2.55. The highest BCUT2D eigenvalue weighted by molar-refractivity contribution is 6.31. The first-order valence-corrected chi connectivity index (χ1v) is 11.9. The van der Waals surface area contributed by atoms with Gasteiger partial charge in [0.2, 0.25) is 5.88 Å². The Balaban J connectivity index is 1.47. The fourth-order valence-corrected chi connectivity index (χ4v) is 4.14. The number of hydrogen-bond acceptors (Lipinski definition) is 8. The van der Waals surface area contributed by atoms with Crippen LogP contribution in [0, 0.1) is 11.8 Å². The Morgan fingerprint density at radius 3 is 2.39 bits per heavy atom. The molecule has 4 rings (SSSR count). The number of benzene rings is 2. The Bertz CT molecular complexity index is 1220. The molecular weight excluding hydrogens is 484 g/mol. The first kappa shape index (κ1) is 26.0. The minimum Gasteiger partial charge on any atom is -0.477 e. The molecule has 1 aliphatic heterocycles. The van der Waals surface area contributed by atoms with Crippen LogP contribution in [0.3, 0.4) is 0 Å². The van der Waals surface area contributed by atoms with Gasteiger partial charge in [-0.05, 0) is 60.2 Å². The van der Waals surface area contributed by atoms with Gasteiger partial charge in [-0.15, -0.1) is 10.2 Å². The zero-order valence-electron chi connectivity index (χ0n) is 19.6. The van der Waals surface area contributed by atoms with E-state index >= 15 is 0 Å². The summed E-state index contributed by atoms with van der Waals surface area (Å²) in [5, 5.41) is 48.6. The smallest absolute Gasteiger partial charge is 0.233 e. The summed E-state index contributed by atoms with van der Waals surface area (Å²) in [4.78, 5) is 0. The summed E-state index contributed by atoms with van der Waals surface area (Å²) >= 11 is 6.43. The third-order valence-electron chi connectivity index (χ3n) is 5.91. The molecule has 1 fully saturated rings. The van der Waals surface area contributed by atoms with Crippen molar-refractivity contribution >= 4 is 11.6 Å². The van der Waals surface area contributed by atoms with Crippen LogP contribution in [0.5, 0.6) is 5.88 Å². The number of hydrogen-bond donors (Lipinski definition) is 4. The molecule has 0 spiro atoms. The molecule has 8 nitrogen and oxygen atoms in total. The van der Waals surface area contributed by atoms with Crippen LogP contribution in [0.2, 0.25) is 5.02 Å². The molecule has 1 saturated heterocycles. The van der Waals surface area contributed by atoms with Gasteiger partial charge >= 0.3 is 0 Å². The van der Waals surface area contributed by atoms with Gasteiger partial charge in [-0.2, -0.15) is 0 Å². The van der Waals surface area contributed by atoms with Crippen LogP contribution in [0.25, 0.3) is 0 Å². The van der Waals surface area contributed by atoms with Crippen molar-refractivity contribution in [2.24, 2.45) is 0 Å². The Morgan fingerprint density at radius 2 is 1.72 bits per heavy atom. The van der Waals surface area contributed by atoms with E-state index in [9.17, 15) is 20.4 Å². The van der Waals surface area contributed by atoms with Gasteiger partial charge in [0.15, 0.2) is 0 Å². The standard InChI is InChI=1S/C27H27ClN2O6/c1-2-35-23-12-10-20(29-30-23)9-7-16-3-5-17(6-4-16)13-19-14-18(8-11-21(19)28)27-26(34)25(33)24(32)22(15-31)36-27/h3-6,8,10-12,14,22,24-27,31-34H,2,13,15H2,1H3/t22-,24-,25?,26-,27+/m1/s1. The molecular formula is C27H27ClN2O6. The largest absolute Gasteiger partial charge is 0.477 e. The number of nitrogens with zero attached hydrogens (tertiary/aromatic N) is 2. The van der Waals surface area contributed by atoms with Gasteiger partial charge in [0.1, 0.15) is 36.2 Å². The second-order valence-electron chi connectivity index (χ2n) is 8.41. The maximum atomic E-state index is 10.4. The molecule has 0 radical (unpaired) electrons. The van der Waals surface area contributed by atoms with E-state index in [-0.39, 0.29) is 0 Å². The predicted molar refractivity (Wildman–Crippen MR) is 133 cm³/mol. The maximum absolute atomic E-state index is 10.4. The second-order valence-corrected chi connectivity index (χ2v) is 8.82. The summed E-state index contributed by atoms with van der Waals surface area (Å²) in [7, 11) is 0. The van der Waals surface area contributed by atoms with Gasteiger partial charge in [-0.3, -0.25) is 0 Å². The molecule has 4 N–H and O–H groups in total. The van der Waals surface area contributed by atoms with E-state index in [0.717, 1.165) is 16.7 Å². The summed E-state index contributed by atoms with van der Waals surface area (Å²) in [6, 6.07) is 16.4. The minimum absolute atomic E-state index is 0.460. The minimum atomic E-state index is -1.44. The number of aromatic nitrogens is 2. The van der Waals surface area contributed by atoms with E-state index < -0.39 is 37.1 Å². The SMILES string of the molecule is CCOc1ccc(C#Cc2ccc(Cc3cc([C@@H]4O[C@H](CO)[C@@H](O)C(O)[C@H]4O)ccc3Cl)cc2)nn1. The number of aliphatic hydroxyl groups is 4. The highest BCUT2D eigenvalue weighted by Crippen LogP contribution is 2.34. The van der Waals surface area contributed by atoms with E-state index in [4.69, 9.17) is 21.1 Å². The van der Waals surface area contributed by atoms with E-state index in [1.165, 1.54) is 0 Å². The summed E-state index contributed by atoms with van der Waals surface area (Å²) in [6.07, 6.45) is -5.58. The first-order valence-electron chi connectivity index (χ1n) is 11.6. The average Bonchev–Trinajstić information content (AvgIpc) is 2.89. The second kappa shape index (κ2) is 11.8. The van der Waals surface area contributed by atoms with Gasteiger partial charge in [-0.1, -0.05) is 41.8 Å². The lowest BCUT2D eigenvalue weighted by molar-refractivity contribution is -0.231. The fourth-order valence-electron chi connectivity index (χ4n) is 3.96. The molecule has 0 bridgehead atoms. The van der Waals surface area contributed by atoms with E-state index in [1.54, 1.807) is 30.3 Å². The molecule has 188 valence electrons. The summed E-state index contributed by atoms with van der Waals surface area (Å²) in [5.41, 5.74) is 3.74. The van der Waals surface area contributed by atoms with Crippen LogP contribution in [-0.2, 0) is 11.2 Å². The monoisotopic (exact) mass is 510 g/mol. The van der Waals surface area contributed by atoms with E-state index in [1.807, 2.05) is 31.2 Å². The average molecular weight is 511 g/mol. The van der Waals surface area contributed by atoms with Gasteiger partial charge in [-0.25, -0.2) is 0 Å². The number of aliphatic hydroxyl groups excluding tert-OH is 4. The molecule has 0 saturated carbocycles. The van der Waals surface area contributed by atoms with Crippen molar-refractivity contribution in [3.05, 3.63) is 87.6 Å². The number of halogens is 1. The van der Waals surface area contributed by atoms with E-state index in [0.29, 0.717) is 35.2 Å². The lowest BCUT2D eigenvalue weighted by Gasteiger charge is -2.40. The molecule has 1 aliphatic rings. The molecule has 1 aromatic heterocycles. The Kier molecular flexibility index (Phi) is 8.54. The van der Waals surface area contributed by atoms with Gasteiger partial charge in [0.05, 0.1) is 13.2 Å². The Morgan fingerprint density at radius 1 is 0.944 bits per heavy atom. The van der Waals surface area contributed by atoms with Crippen molar-refractivity contribution < 1.29 is 29.9 Å². The highest BCUT2D eigenvalue weighted by Gasteiger charge is 2.44. The quantitative estimate of drug-likeness (QED) is 0.371. The van der Waals surface area contributed by atoms with Crippen LogP contribution < -0.4 is 4.74 Å². The Hall–Kier alpha value is -3.03. The first-order chi connectivity index (χ1) is 17.4. The van der Waals surface area contributed by atoms with Crippen molar-refractivity contribution in [1.82, 2.24) is 10.2 Å². The van der Waals surface area contributed by atoms with E-state index in [2.05, 4.69) is 22.0 Å². The summed E-state index contributed by atoms with van der Waals surface area (Å²) in [6.45, 7) is 1.92. The molecule has 2 aromatic carbocycles. The third-order valence-corrected chi connectivity index (χ3v) is 6.28. The molecule has 9 heteroatoms. The van der Waals surface area contributed by atoms with Crippen LogP contribution in [0.4, 0.5) is 0 Å². The molecule has 2 heterocycles. The van der Waals surface area contributed by atoms with Crippen LogP contribution in [0.1, 0.15) is 41.0 Å². The zero-order valence-corrected chi connectivity index (χ0v) is 20.3. The van der Waals surface area contributed by atoms with Crippen molar-refractivity contribution in [2.75, 3.05) is 13.2 Å². The third kappa shape index (κ3) is 6.02. The van der Waals surface area contributed by atoms with Crippen LogP contribution >= 0.6 is 11.6 Å². The van der Waals surface area contributed by atoms with Crippen LogP contribution in [0.15, 0.2) is 54.6 Å². The molecule has 1 unspecified atom stereocenters. The summed E-state index contributed by atoms with van der Waals surface area (Å²) in [5.74, 6) is 6.50. The number of ether oxygens (including phenoxy) is 2. The van der Waals surface area contributed by atoms with Gasteiger partial charge in [0.25, 0.3) is 0 Å². The normalized spacial score (nSPS) is 23.6. The highest BCUT2D eigenvalue weighted by atomic mass is 35.5. The molecule has 0 aliphatic carbocycles. The van der Waals surface area contributed by atoms with Crippen molar-refractivity contribution in [3.8, 4) is 17.7 Å². The number of rotatable bonds is 6. The maximum Gasteiger partial charge on any atom is 0.233 e. The van der Waals surface area contributed by atoms with Gasteiger partial charge < -0.3 is 29.9 Å². The topological polar surface area (TPSA) is 125 Å². The molecule has 3 aromatic rings. The fraction of sp³-hybridized carbons (Fsp3) is 0.333. The van der Waals surface area contributed by atoms with Gasteiger partial charge in [0, 0.05) is 16.7 Å². The van der Waals surface area contributed by atoms with Crippen LogP contribution in [-0.4, -0.2) is 68.3 Å². The Labute approximate surface area is 214 Å². The van der Waals surface area contributed by atoms with Crippen molar-refractivity contribution in [2.45, 2.75) is 43.9 Å². The van der Waals surface area contributed by atoms with Crippen molar-refractivity contribution in [3.63, 3.8) is 0 Å².